The number of amides is 1. The summed E-state index contributed by atoms with van der Waals surface area (Å²) in [7, 11) is 4.88. The highest BCUT2D eigenvalue weighted by molar-refractivity contribution is 5.92. The fourth-order valence-electron chi connectivity index (χ4n) is 5.12. The minimum absolute atomic E-state index is 0.0693. The smallest absolute Gasteiger partial charge is 0.217 e. The van der Waals surface area contributed by atoms with Gasteiger partial charge in [0.1, 0.15) is 12.4 Å². The van der Waals surface area contributed by atoms with E-state index in [9.17, 15) is 4.79 Å². The Hall–Kier alpha value is -3.93. The second-order valence-corrected chi connectivity index (χ2v) is 8.78. The number of ether oxygens (including phenoxy) is 4. The van der Waals surface area contributed by atoms with Crippen LogP contribution in [-0.4, -0.2) is 33.8 Å². The van der Waals surface area contributed by atoms with Crippen molar-refractivity contribution in [1.29, 1.82) is 0 Å². The van der Waals surface area contributed by atoms with Crippen molar-refractivity contribution in [2.24, 2.45) is 0 Å². The molecule has 5 rings (SSSR count). The minimum Gasteiger partial charge on any atom is -0.493 e. The van der Waals surface area contributed by atoms with Crippen molar-refractivity contribution in [3.63, 3.8) is 0 Å². The molecule has 35 heavy (non-hydrogen) atoms. The summed E-state index contributed by atoms with van der Waals surface area (Å²) in [5, 5.41) is 3.14. The molecular weight excluding hydrogens is 442 g/mol. The van der Waals surface area contributed by atoms with Crippen LogP contribution in [0, 0.1) is 0 Å². The summed E-state index contributed by atoms with van der Waals surface area (Å²) < 4.78 is 23.3. The lowest BCUT2D eigenvalue weighted by Crippen LogP contribution is -2.26. The summed E-state index contributed by atoms with van der Waals surface area (Å²) in [4.78, 5) is 12.1. The van der Waals surface area contributed by atoms with E-state index in [1.807, 2.05) is 24.3 Å². The molecule has 0 unspecified atom stereocenters. The molecule has 0 fully saturated rings. The van der Waals surface area contributed by atoms with Crippen molar-refractivity contribution >= 4 is 17.6 Å². The third kappa shape index (κ3) is 4.09. The number of hydrogen-bond donors (Lipinski definition) is 1. The van der Waals surface area contributed by atoms with Crippen LogP contribution in [0.1, 0.15) is 41.6 Å². The van der Waals surface area contributed by atoms with Gasteiger partial charge in [0.15, 0.2) is 11.5 Å². The zero-order valence-electron chi connectivity index (χ0n) is 20.4. The van der Waals surface area contributed by atoms with Gasteiger partial charge in [0.05, 0.1) is 27.4 Å². The lowest BCUT2D eigenvalue weighted by atomic mass is 9.90. The molecule has 3 aromatic rings. The molecule has 0 saturated carbocycles. The third-order valence-electron chi connectivity index (χ3n) is 6.66. The predicted octanol–water partition coefficient (Wildman–Crippen LogP) is 5.44. The van der Waals surface area contributed by atoms with Gasteiger partial charge in [0.2, 0.25) is 11.7 Å². The van der Waals surface area contributed by atoms with Crippen molar-refractivity contribution < 1.29 is 23.7 Å². The van der Waals surface area contributed by atoms with E-state index in [-0.39, 0.29) is 11.9 Å². The fourth-order valence-corrected chi connectivity index (χ4v) is 5.12. The predicted molar refractivity (Wildman–Crippen MR) is 136 cm³/mol. The Morgan fingerprint density at radius 1 is 1.00 bits per heavy atom. The van der Waals surface area contributed by atoms with E-state index in [0.717, 1.165) is 57.5 Å². The lowest BCUT2D eigenvalue weighted by molar-refractivity contribution is -0.119. The van der Waals surface area contributed by atoms with Crippen LogP contribution in [0.2, 0.25) is 0 Å². The number of benzene rings is 3. The monoisotopic (exact) mass is 471 g/mol. The minimum atomic E-state index is -0.160. The van der Waals surface area contributed by atoms with Gasteiger partial charge in [-0.2, -0.15) is 0 Å². The summed E-state index contributed by atoms with van der Waals surface area (Å²) in [5.74, 6) is 2.55. The van der Waals surface area contributed by atoms with Crippen molar-refractivity contribution in [2.75, 3.05) is 27.9 Å². The maximum Gasteiger partial charge on any atom is 0.217 e. The van der Waals surface area contributed by atoms with E-state index in [2.05, 4.69) is 35.7 Å². The van der Waals surface area contributed by atoms with Crippen LogP contribution in [0.4, 0.5) is 0 Å². The number of hydrogen-bond acceptors (Lipinski definition) is 5. The first-order chi connectivity index (χ1) is 17.0. The topological polar surface area (TPSA) is 66.0 Å². The summed E-state index contributed by atoms with van der Waals surface area (Å²) in [6.45, 7) is 2.04. The Labute approximate surface area is 205 Å². The molecule has 1 atom stereocenters. The van der Waals surface area contributed by atoms with E-state index in [0.29, 0.717) is 23.9 Å². The van der Waals surface area contributed by atoms with Crippen LogP contribution in [-0.2, 0) is 11.2 Å². The number of rotatable bonds is 5. The van der Waals surface area contributed by atoms with Crippen LogP contribution in [0.3, 0.4) is 0 Å². The van der Waals surface area contributed by atoms with Gasteiger partial charge >= 0.3 is 0 Å². The van der Waals surface area contributed by atoms with Gasteiger partial charge in [-0.15, -0.1) is 0 Å². The molecule has 180 valence electrons. The van der Waals surface area contributed by atoms with Gasteiger partial charge in [0.25, 0.3) is 0 Å². The molecule has 1 aliphatic carbocycles. The first kappa shape index (κ1) is 22.8. The Balaban J connectivity index is 1.76. The Morgan fingerprint density at radius 2 is 1.77 bits per heavy atom. The van der Waals surface area contributed by atoms with Crippen molar-refractivity contribution in [3.8, 4) is 34.1 Å². The van der Waals surface area contributed by atoms with E-state index in [4.69, 9.17) is 18.9 Å². The highest BCUT2D eigenvalue weighted by atomic mass is 16.5. The molecule has 1 aliphatic heterocycles. The fraction of sp³-hybridized carbons (Fsp3) is 0.276. The first-order valence-corrected chi connectivity index (χ1v) is 11.7. The molecule has 0 radical (unpaired) electrons. The van der Waals surface area contributed by atoms with Crippen LogP contribution in [0.5, 0.6) is 23.0 Å². The van der Waals surface area contributed by atoms with E-state index in [1.54, 1.807) is 28.3 Å². The standard InChI is InChI=1S/C29H29NO5/c1-17(31)30-24-11-10-19-13-26(32-2)28(33-3)29(34-4)27(19)23-14-21-20(12-18-8-6-5-7-9-18)16-35-25(21)15-22(23)24/h5-9,12-15,24H,10-11,16H2,1-4H3,(H,30,31)/b20-12+/t24-/m0/s1. The van der Waals surface area contributed by atoms with Crippen LogP contribution in [0.25, 0.3) is 22.8 Å². The van der Waals surface area contributed by atoms with Gasteiger partial charge < -0.3 is 24.3 Å². The number of carbonyl (C=O) groups excluding carboxylic acids is 1. The Morgan fingerprint density at radius 3 is 2.46 bits per heavy atom. The molecule has 6 heteroatoms. The molecule has 1 heterocycles. The molecule has 0 aromatic heterocycles. The molecular formula is C29H29NO5. The van der Waals surface area contributed by atoms with Crippen LogP contribution < -0.4 is 24.3 Å². The zero-order valence-corrected chi connectivity index (χ0v) is 20.4. The Kier molecular flexibility index (Phi) is 6.12. The van der Waals surface area contributed by atoms with Crippen LogP contribution >= 0.6 is 0 Å². The van der Waals surface area contributed by atoms with Gasteiger partial charge in [-0.3, -0.25) is 4.79 Å². The molecule has 0 spiro atoms. The molecule has 3 aromatic carbocycles. The van der Waals surface area contributed by atoms with Crippen molar-refractivity contribution in [2.45, 2.75) is 25.8 Å². The summed E-state index contributed by atoms with van der Waals surface area (Å²) in [6.07, 6.45) is 3.64. The second kappa shape index (κ2) is 9.37. The number of nitrogens with one attached hydrogen (secondary N) is 1. The average molecular weight is 472 g/mol. The van der Waals surface area contributed by atoms with Gasteiger partial charge in [-0.25, -0.2) is 0 Å². The van der Waals surface area contributed by atoms with Crippen LogP contribution in [0.15, 0.2) is 48.5 Å². The molecule has 0 bridgehead atoms. The van der Waals surface area contributed by atoms with E-state index in [1.165, 1.54) is 0 Å². The largest absolute Gasteiger partial charge is 0.493 e. The van der Waals surface area contributed by atoms with Gasteiger partial charge in [-0.1, -0.05) is 30.3 Å². The number of carbonyl (C=O) groups is 1. The molecule has 1 N–H and O–H groups in total. The molecule has 2 aliphatic rings. The molecule has 1 amide bonds. The normalized spacial score (nSPS) is 16.9. The lowest BCUT2D eigenvalue weighted by Gasteiger charge is -2.21. The summed E-state index contributed by atoms with van der Waals surface area (Å²) >= 11 is 0. The average Bonchev–Trinajstić information content (AvgIpc) is 3.19. The maximum absolute atomic E-state index is 12.1. The number of fused-ring (bicyclic) bond motifs is 4. The Bertz CT molecular complexity index is 1310. The summed E-state index contributed by atoms with van der Waals surface area (Å²) in [6, 6.07) is 16.3. The highest BCUT2D eigenvalue weighted by Crippen LogP contribution is 2.52. The van der Waals surface area contributed by atoms with Gasteiger partial charge in [-0.05, 0) is 59.4 Å². The SMILES string of the molecule is COc1cc2c(c(OC)c1OC)-c1cc3c(cc1[C@@H](NC(C)=O)CC2)OC/C3=C\c1ccccc1. The second-order valence-electron chi connectivity index (χ2n) is 8.78. The third-order valence-corrected chi connectivity index (χ3v) is 6.66. The highest BCUT2D eigenvalue weighted by Gasteiger charge is 2.32. The van der Waals surface area contributed by atoms with Gasteiger partial charge in [0, 0.05) is 23.6 Å². The number of methoxy groups -OCH3 is 3. The van der Waals surface area contributed by atoms with Crippen molar-refractivity contribution in [1.82, 2.24) is 5.32 Å². The maximum atomic E-state index is 12.1. The zero-order chi connectivity index (χ0) is 24.5. The number of aryl methyl sites for hydroxylation is 1. The van der Waals surface area contributed by atoms with Crippen molar-refractivity contribution in [3.05, 3.63) is 70.8 Å². The first-order valence-electron chi connectivity index (χ1n) is 11.7. The molecule has 0 saturated heterocycles. The van der Waals surface area contributed by atoms with E-state index >= 15 is 0 Å². The van der Waals surface area contributed by atoms with E-state index < -0.39 is 0 Å². The molecule has 6 nitrogen and oxygen atoms in total. The quantitative estimate of drug-likeness (QED) is 0.537. The summed E-state index contributed by atoms with van der Waals surface area (Å²) in [5.41, 5.74) is 7.31.